The summed E-state index contributed by atoms with van der Waals surface area (Å²) < 4.78 is 33.7. The van der Waals surface area contributed by atoms with Gasteiger partial charge in [0.1, 0.15) is 18.1 Å². The normalized spacial score (nSPS) is 15.2. The second kappa shape index (κ2) is 9.22. The highest BCUT2D eigenvalue weighted by atomic mass is 32.2. The zero-order valence-corrected chi connectivity index (χ0v) is 17.3. The number of aryl methyl sites for hydroxylation is 1. The molecule has 0 N–H and O–H groups in total. The molecule has 11 nitrogen and oxygen atoms in total. The molecule has 1 aromatic carbocycles. The first kappa shape index (κ1) is 21.7. The second-order valence-electron chi connectivity index (χ2n) is 6.66. The standard InChI is InChI=1S/C18H23N5O6S/c1-2-29-16-3-5-17(6-4-16)30(27,28)22-11-9-20(10-12-22)18(24)7-8-21-14-15(13-19-21)23(25)26/h3-6,13-14H,2,7-12H2,1H3. The maximum Gasteiger partial charge on any atom is 0.306 e. The van der Waals surface area contributed by atoms with Crippen LogP contribution in [0, 0.1) is 10.1 Å². The fourth-order valence-electron chi connectivity index (χ4n) is 3.14. The van der Waals surface area contributed by atoms with Crippen LogP contribution >= 0.6 is 0 Å². The number of sulfonamides is 1. The van der Waals surface area contributed by atoms with Gasteiger partial charge in [-0.15, -0.1) is 0 Å². The van der Waals surface area contributed by atoms with Gasteiger partial charge in [-0.05, 0) is 31.2 Å². The average molecular weight is 437 g/mol. The van der Waals surface area contributed by atoms with E-state index >= 15 is 0 Å². The van der Waals surface area contributed by atoms with Gasteiger partial charge in [-0.2, -0.15) is 9.40 Å². The zero-order chi connectivity index (χ0) is 21.7. The Bertz CT molecular complexity index is 996. The first-order valence-corrected chi connectivity index (χ1v) is 10.9. The Hall–Kier alpha value is -2.99. The number of carbonyl (C=O) groups excluding carboxylic acids is 1. The van der Waals surface area contributed by atoms with Crippen molar-refractivity contribution in [3.05, 3.63) is 46.8 Å². The SMILES string of the molecule is CCOc1ccc(S(=O)(=O)N2CCN(C(=O)CCn3cc([N+](=O)[O-])cn3)CC2)cc1. The fourth-order valence-corrected chi connectivity index (χ4v) is 4.56. The van der Waals surface area contributed by atoms with Gasteiger partial charge >= 0.3 is 5.69 Å². The van der Waals surface area contributed by atoms with Crippen molar-refractivity contribution in [1.29, 1.82) is 0 Å². The predicted octanol–water partition coefficient (Wildman–Crippen LogP) is 1.11. The summed E-state index contributed by atoms with van der Waals surface area (Å²) >= 11 is 0. The molecule has 0 bridgehead atoms. The lowest BCUT2D eigenvalue weighted by Gasteiger charge is -2.34. The van der Waals surface area contributed by atoms with E-state index in [1.807, 2.05) is 6.92 Å². The van der Waals surface area contributed by atoms with Gasteiger partial charge in [0, 0.05) is 39.1 Å². The minimum absolute atomic E-state index is 0.129. The highest BCUT2D eigenvalue weighted by Crippen LogP contribution is 2.21. The van der Waals surface area contributed by atoms with E-state index in [1.54, 1.807) is 17.0 Å². The van der Waals surface area contributed by atoms with Crippen LogP contribution in [0.3, 0.4) is 0 Å². The molecule has 1 amide bonds. The van der Waals surface area contributed by atoms with Crippen molar-refractivity contribution in [3.8, 4) is 5.75 Å². The Morgan fingerprint density at radius 2 is 1.87 bits per heavy atom. The number of nitrogens with zero attached hydrogens (tertiary/aromatic N) is 5. The smallest absolute Gasteiger partial charge is 0.306 e. The van der Waals surface area contributed by atoms with Gasteiger partial charge in [-0.25, -0.2) is 8.42 Å². The third-order valence-corrected chi connectivity index (χ3v) is 6.66. The minimum atomic E-state index is -3.64. The molecule has 0 unspecified atom stereocenters. The molecular formula is C18H23N5O6S. The molecule has 2 heterocycles. The molecule has 1 aliphatic rings. The van der Waals surface area contributed by atoms with Crippen LogP contribution in [-0.4, -0.2) is 71.0 Å². The van der Waals surface area contributed by atoms with Crippen molar-refractivity contribution in [2.45, 2.75) is 24.8 Å². The number of hydrogen-bond acceptors (Lipinski definition) is 7. The summed E-state index contributed by atoms with van der Waals surface area (Å²) in [5.74, 6) is 0.459. The topological polar surface area (TPSA) is 128 Å². The van der Waals surface area contributed by atoms with Gasteiger partial charge in [-0.3, -0.25) is 19.6 Å². The molecule has 162 valence electrons. The van der Waals surface area contributed by atoms with Crippen LogP contribution in [-0.2, 0) is 21.4 Å². The number of amides is 1. The van der Waals surface area contributed by atoms with Gasteiger partial charge < -0.3 is 9.64 Å². The summed E-state index contributed by atoms with van der Waals surface area (Å²) in [6, 6.07) is 6.27. The molecule has 0 saturated carbocycles. The molecule has 30 heavy (non-hydrogen) atoms. The summed E-state index contributed by atoms with van der Waals surface area (Å²) in [6.45, 7) is 3.55. The van der Waals surface area contributed by atoms with E-state index < -0.39 is 14.9 Å². The van der Waals surface area contributed by atoms with Crippen LogP contribution in [0.15, 0.2) is 41.6 Å². The minimum Gasteiger partial charge on any atom is -0.494 e. The van der Waals surface area contributed by atoms with Gasteiger partial charge in [0.2, 0.25) is 15.9 Å². The van der Waals surface area contributed by atoms with E-state index in [-0.39, 0.29) is 55.6 Å². The molecule has 0 radical (unpaired) electrons. The molecule has 0 aliphatic carbocycles. The van der Waals surface area contributed by atoms with Crippen LogP contribution < -0.4 is 4.74 Å². The molecule has 1 aliphatic heterocycles. The van der Waals surface area contributed by atoms with Crippen molar-refractivity contribution in [2.24, 2.45) is 0 Å². The van der Waals surface area contributed by atoms with Crippen molar-refractivity contribution in [2.75, 3.05) is 32.8 Å². The van der Waals surface area contributed by atoms with Crippen molar-refractivity contribution in [1.82, 2.24) is 19.0 Å². The molecular weight excluding hydrogens is 414 g/mol. The second-order valence-corrected chi connectivity index (χ2v) is 8.60. The molecule has 1 fully saturated rings. The van der Waals surface area contributed by atoms with Crippen molar-refractivity contribution < 1.29 is 22.9 Å². The molecule has 2 aromatic rings. The lowest BCUT2D eigenvalue weighted by molar-refractivity contribution is -0.385. The summed E-state index contributed by atoms with van der Waals surface area (Å²) in [4.78, 5) is 24.3. The largest absolute Gasteiger partial charge is 0.494 e. The van der Waals surface area contributed by atoms with E-state index in [0.29, 0.717) is 12.4 Å². The number of ether oxygens (including phenoxy) is 1. The van der Waals surface area contributed by atoms with Crippen LogP contribution in [0.4, 0.5) is 5.69 Å². The number of carbonyl (C=O) groups is 1. The average Bonchev–Trinajstić information content (AvgIpc) is 3.22. The zero-order valence-electron chi connectivity index (χ0n) is 16.5. The maximum atomic E-state index is 12.8. The molecule has 1 aromatic heterocycles. The van der Waals surface area contributed by atoms with Gasteiger partial charge in [0.05, 0.1) is 16.4 Å². The van der Waals surface area contributed by atoms with E-state index in [1.165, 1.54) is 27.3 Å². The first-order chi connectivity index (χ1) is 14.3. The van der Waals surface area contributed by atoms with E-state index in [9.17, 15) is 23.3 Å². The lowest BCUT2D eigenvalue weighted by Crippen LogP contribution is -2.50. The van der Waals surface area contributed by atoms with E-state index in [2.05, 4.69) is 5.10 Å². The Balaban J connectivity index is 1.52. The summed E-state index contributed by atoms with van der Waals surface area (Å²) in [5, 5.41) is 14.5. The molecule has 12 heteroatoms. The van der Waals surface area contributed by atoms with Crippen molar-refractivity contribution in [3.63, 3.8) is 0 Å². The lowest BCUT2D eigenvalue weighted by atomic mass is 10.3. The molecule has 0 spiro atoms. The van der Waals surface area contributed by atoms with Gasteiger partial charge in [-0.1, -0.05) is 0 Å². The number of benzene rings is 1. The Kier molecular flexibility index (Phi) is 6.67. The molecule has 3 rings (SSSR count). The Morgan fingerprint density at radius 1 is 1.20 bits per heavy atom. The predicted molar refractivity (Wildman–Crippen MR) is 106 cm³/mol. The quantitative estimate of drug-likeness (QED) is 0.447. The number of aromatic nitrogens is 2. The summed E-state index contributed by atoms with van der Waals surface area (Å²) in [7, 11) is -3.64. The van der Waals surface area contributed by atoms with E-state index in [4.69, 9.17) is 4.74 Å². The van der Waals surface area contributed by atoms with Crippen LogP contribution in [0.25, 0.3) is 0 Å². The van der Waals surface area contributed by atoms with Gasteiger partial charge in [0.15, 0.2) is 0 Å². The van der Waals surface area contributed by atoms with E-state index in [0.717, 1.165) is 6.20 Å². The molecule has 1 saturated heterocycles. The van der Waals surface area contributed by atoms with Gasteiger partial charge in [0.25, 0.3) is 0 Å². The first-order valence-electron chi connectivity index (χ1n) is 9.49. The fraction of sp³-hybridized carbons (Fsp3) is 0.444. The third-order valence-electron chi connectivity index (χ3n) is 4.75. The van der Waals surface area contributed by atoms with Crippen LogP contribution in [0.2, 0.25) is 0 Å². The molecule has 0 atom stereocenters. The summed E-state index contributed by atoms with van der Waals surface area (Å²) in [5.41, 5.74) is -0.129. The van der Waals surface area contributed by atoms with Crippen LogP contribution in [0.5, 0.6) is 5.75 Å². The number of hydrogen-bond donors (Lipinski definition) is 0. The monoisotopic (exact) mass is 437 g/mol. The Labute approximate surface area is 174 Å². The van der Waals surface area contributed by atoms with Crippen molar-refractivity contribution >= 4 is 21.6 Å². The number of rotatable bonds is 8. The number of piperazine rings is 1. The summed E-state index contributed by atoms with van der Waals surface area (Å²) in [6.07, 6.45) is 2.54. The third kappa shape index (κ3) is 4.94. The highest BCUT2D eigenvalue weighted by molar-refractivity contribution is 7.89. The maximum absolute atomic E-state index is 12.8. The number of nitro groups is 1. The highest BCUT2D eigenvalue weighted by Gasteiger charge is 2.30. The Morgan fingerprint density at radius 3 is 2.43 bits per heavy atom. The van der Waals surface area contributed by atoms with Crippen LogP contribution in [0.1, 0.15) is 13.3 Å².